The van der Waals surface area contributed by atoms with Crippen LogP contribution in [0.1, 0.15) is 43.6 Å². The second-order valence-electron chi connectivity index (χ2n) is 5.92. The topological polar surface area (TPSA) is 56.2 Å². The van der Waals surface area contributed by atoms with Crippen molar-refractivity contribution in [2.45, 2.75) is 65.6 Å². The van der Waals surface area contributed by atoms with E-state index in [4.69, 9.17) is 4.74 Å². The molecule has 112 valence electrons. The molecule has 0 aromatic carbocycles. The first-order valence-electron chi connectivity index (χ1n) is 7.33. The van der Waals surface area contributed by atoms with Crippen LogP contribution < -0.4 is 5.32 Å². The quantitative estimate of drug-likeness (QED) is 0.808. The minimum absolute atomic E-state index is 0.197. The van der Waals surface area contributed by atoms with Crippen molar-refractivity contribution < 1.29 is 9.53 Å². The molecule has 1 fully saturated rings. The highest BCUT2D eigenvalue weighted by atomic mass is 16.5. The van der Waals surface area contributed by atoms with Gasteiger partial charge in [-0.3, -0.25) is 10.00 Å². The molecule has 0 aliphatic heterocycles. The monoisotopic (exact) mass is 279 g/mol. The van der Waals surface area contributed by atoms with Gasteiger partial charge in [-0.15, -0.1) is 0 Å². The van der Waals surface area contributed by atoms with Crippen molar-refractivity contribution in [3.8, 4) is 0 Å². The molecule has 0 radical (unpaired) electrons. The summed E-state index contributed by atoms with van der Waals surface area (Å²) in [6, 6.07) is 0.433. The molecule has 1 aromatic rings. The average Bonchev–Trinajstić information content (AvgIpc) is 3.16. The normalized spacial score (nSPS) is 17.9. The fourth-order valence-corrected chi connectivity index (χ4v) is 2.38. The lowest BCUT2D eigenvalue weighted by Crippen LogP contribution is -2.54. The fourth-order valence-electron chi connectivity index (χ4n) is 2.38. The molecule has 1 atom stereocenters. The number of ether oxygens (including phenoxy) is 1. The van der Waals surface area contributed by atoms with Crippen molar-refractivity contribution >= 4 is 5.97 Å². The minimum Gasteiger partial charge on any atom is -0.465 e. The van der Waals surface area contributed by atoms with Gasteiger partial charge in [-0.05, 0) is 53.0 Å². The Kier molecular flexibility index (Phi) is 4.18. The van der Waals surface area contributed by atoms with E-state index in [0.717, 1.165) is 24.2 Å². The van der Waals surface area contributed by atoms with Gasteiger partial charge in [0, 0.05) is 11.7 Å². The van der Waals surface area contributed by atoms with Crippen LogP contribution in [0.25, 0.3) is 0 Å². The Hall–Kier alpha value is -1.36. The molecule has 0 amide bonds. The number of nitrogens with zero attached hydrogens (tertiary/aromatic N) is 2. The van der Waals surface area contributed by atoms with E-state index in [1.54, 1.807) is 0 Å². The van der Waals surface area contributed by atoms with E-state index >= 15 is 0 Å². The van der Waals surface area contributed by atoms with Gasteiger partial charge in [-0.25, -0.2) is 4.79 Å². The van der Waals surface area contributed by atoms with Crippen LogP contribution in [-0.2, 0) is 16.1 Å². The van der Waals surface area contributed by atoms with Gasteiger partial charge in [-0.1, -0.05) is 0 Å². The number of rotatable bonds is 6. The number of esters is 1. The molecular weight excluding hydrogens is 254 g/mol. The molecule has 1 N–H and O–H groups in total. The summed E-state index contributed by atoms with van der Waals surface area (Å²) in [5, 5.41) is 7.95. The van der Waals surface area contributed by atoms with Gasteiger partial charge in [0.2, 0.25) is 0 Å². The predicted molar refractivity (Wildman–Crippen MR) is 77.6 cm³/mol. The van der Waals surface area contributed by atoms with Crippen molar-refractivity contribution in [1.29, 1.82) is 0 Å². The smallest absolute Gasteiger partial charge is 0.327 e. The number of nitrogens with one attached hydrogen (secondary N) is 1. The molecule has 1 aliphatic rings. The summed E-state index contributed by atoms with van der Waals surface area (Å²) in [4.78, 5) is 12.3. The molecule has 1 aromatic heterocycles. The third-order valence-electron chi connectivity index (χ3n) is 4.04. The molecular formula is C15H25N3O2. The van der Waals surface area contributed by atoms with Gasteiger partial charge in [0.1, 0.15) is 5.54 Å². The zero-order chi connectivity index (χ0) is 14.9. The third-order valence-corrected chi connectivity index (χ3v) is 4.04. The predicted octanol–water partition coefficient (Wildman–Crippen LogP) is 1.88. The molecule has 1 saturated carbocycles. The van der Waals surface area contributed by atoms with Gasteiger partial charge >= 0.3 is 5.97 Å². The van der Waals surface area contributed by atoms with E-state index in [1.807, 2.05) is 32.4 Å². The Morgan fingerprint density at radius 1 is 1.45 bits per heavy atom. The largest absolute Gasteiger partial charge is 0.465 e. The molecule has 0 saturated heterocycles. The first-order chi connectivity index (χ1) is 9.37. The van der Waals surface area contributed by atoms with E-state index < -0.39 is 5.54 Å². The zero-order valence-electron chi connectivity index (χ0n) is 13.1. The highest BCUT2D eigenvalue weighted by Crippen LogP contribution is 2.25. The van der Waals surface area contributed by atoms with E-state index in [2.05, 4.69) is 17.3 Å². The second kappa shape index (κ2) is 5.56. The van der Waals surface area contributed by atoms with Crippen molar-refractivity contribution in [3.63, 3.8) is 0 Å². The summed E-state index contributed by atoms with van der Waals surface area (Å²) < 4.78 is 7.16. The van der Waals surface area contributed by atoms with Crippen LogP contribution in [-0.4, -0.2) is 33.9 Å². The van der Waals surface area contributed by atoms with Crippen molar-refractivity contribution in [3.05, 3.63) is 17.0 Å². The second-order valence-corrected chi connectivity index (χ2v) is 5.92. The molecule has 2 rings (SSSR count). The van der Waals surface area contributed by atoms with Crippen LogP contribution in [0.5, 0.6) is 0 Å². The van der Waals surface area contributed by atoms with Crippen LogP contribution in [0.15, 0.2) is 0 Å². The van der Waals surface area contributed by atoms with Gasteiger partial charge in [0.15, 0.2) is 0 Å². The number of hydrogen-bond acceptors (Lipinski definition) is 4. The van der Waals surface area contributed by atoms with E-state index in [0.29, 0.717) is 19.2 Å². The number of aryl methyl sites for hydroxylation is 1. The number of carbonyl (C=O) groups is 1. The summed E-state index contributed by atoms with van der Waals surface area (Å²) in [6.07, 6.45) is 2.26. The lowest BCUT2D eigenvalue weighted by atomic mass is 10.0. The zero-order valence-corrected chi connectivity index (χ0v) is 13.1. The molecule has 20 heavy (non-hydrogen) atoms. The number of aromatic nitrogens is 2. The summed E-state index contributed by atoms with van der Waals surface area (Å²) in [5.74, 6) is -0.197. The highest BCUT2D eigenvalue weighted by Gasteiger charge is 2.40. The molecule has 1 heterocycles. The molecule has 1 aliphatic carbocycles. The molecule has 1 unspecified atom stereocenters. The molecule has 5 heteroatoms. The maximum atomic E-state index is 12.3. The van der Waals surface area contributed by atoms with Crippen LogP contribution in [0.2, 0.25) is 0 Å². The number of carbonyl (C=O) groups excluding carboxylic acids is 1. The third kappa shape index (κ3) is 3.03. The summed E-state index contributed by atoms with van der Waals surface area (Å²) in [5.41, 5.74) is 2.59. The Balaban J connectivity index is 2.22. The maximum absolute atomic E-state index is 12.3. The van der Waals surface area contributed by atoms with Gasteiger partial charge in [-0.2, -0.15) is 5.10 Å². The van der Waals surface area contributed by atoms with Crippen LogP contribution in [0.3, 0.4) is 0 Å². The van der Waals surface area contributed by atoms with Crippen molar-refractivity contribution in [2.24, 2.45) is 0 Å². The Bertz CT molecular complexity index is 505. The molecule has 0 bridgehead atoms. The lowest BCUT2D eigenvalue weighted by molar-refractivity contribution is -0.151. The lowest BCUT2D eigenvalue weighted by Gasteiger charge is -2.29. The summed E-state index contributed by atoms with van der Waals surface area (Å²) in [7, 11) is 0. The van der Waals surface area contributed by atoms with E-state index in [-0.39, 0.29) is 5.97 Å². The van der Waals surface area contributed by atoms with E-state index in [1.165, 1.54) is 5.56 Å². The Morgan fingerprint density at radius 2 is 2.10 bits per heavy atom. The first kappa shape index (κ1) is 15.0. The Morgan fingerprint density at radius 3 is 2.55 bits per heavy atom. The van der Waals surface area contributed by atoms with Crippen LogP contribution >= 0.6 is 0 Å². The summed E-state index contributed by atoms with van der Waals surface area (Å²) in [6.45, 7) is 10.7. The van der Waals surface area contributed by atoms with Crippen LogP contribution in [0.4, 0.5) is 0 Å². The van der Waals surface area contributed by atoms with Gasteiger partial charge < -0.3 is 4.74 Å². The SMILES string of the molecule is CCOC(=O)C(C)(Cn1nc(C)c(C)c1C)NC1CC1. The summed E-state index contributed by atoms with van der Waals surface area (Å²) >= 11 is 0. The van der Waals surface area contributed by atoms with Gasteiger partial charge in [0.25, 0.3) is 0 Å². The number of hydrogen-bond donors (Lipinski definition) is 1. The van der Waals surface area contributed by atoms with Gasteiger partial charge in [0.05, 0.1) is 18.8 Å². The minimum atomic E-state index is -0.715. The molecule has 5 nitrogen and oxygen atoms in total. The van der Waals surface area contributed by atoms with Crippen molar-refractivity contribution in [1.82, 2.24) is 15.1 Å². The van der Waals surface area contributed by atoms with E-state index in [9.17, 15) is 4.79 Å². The fraction of sp³-hybridized carbons (Fsp3) is 0.733. The maximum Gasteiger partial charge on any atom is 0.327 e. The van der Waals surface area contributed by atoms with Crippen molar-refractivity contribution in [2.75, 3.05) is 6.61 Å². The standard InChI is InChI=1S/C15H25N3O2/c1-6-20-14(19)15(5,16-13-7-8-13)9-18-12(4)10(2)11(3)17-18/h13,16H,6-9H2,1-5H3. The average molecular weight is 279 g/mol. The first-order valence-corrected chi connectivity index (χ1v) is 7.33. The Labute approximate surface area is 120 Å². The molecule has 0 spiro atoms. The van der Waals surface area contributed by atoms with Crippen LogP contribution in [0, 0.1) is 20.8 Å². The highest BCUT2D eigenvalue weighted by molar-refractivity contribution is 5.80.